The molecule has 0 unspecified atom stereocenters. The van der Waals surface area contributed by atoms with Crippen LogP contribution >= 0.6 is 0 Å². The molecule has 3 aromatic rings. The second-order valence-corrected chi connectivity index (χ2v) is 7.56. The van der Waals surface area contributed by atoms with Gasteiger partial charge in [0.2, 0.25) is 0 Å². The largest absolute Gasteiger partial charge is 0.494 e. The molecule has 0 aliphatic carbocycles. The highest BCUT2D eigenvalue weighted by atomic mass is 16.5. The number of imide groups is 1. The highest BCUT2D eigenvalue weighted by Gasteiger charge is 2.42. The number of hydrogen-bond donors (Lipinski definition) is 0. The maximum absolute atomic E-state index is 13.8. The summed E-state index contributed by atoms with van der Waals surface area (Å²) in [5.41, 5.74) is 2.32. The van der Waals surface area contributed by atoms with E-state index >= 15 is 0 Å². The SMILES string of the molecule is CCOc1cccc(N2C(=O)C(c3ccc(OC)c(OC)c3)=C(N(C)c3ccccc3)C2=O)c1. The monoisotopic (exact) mass is 458 g/mol. The molecule has 0 spiro atoms. The number of methoxy groups -OCH3 is 2. The summed E-state index contributed by atoms with van der Waals surface area (Å²) in [6.45, 7) is 2.35. The molecule has 7 nitrogen and oxygen atoms in total. The fourth-order valence-corrected chi connectivity index (χ4v) is 3.98. The number of anilines is 2. The van der Waals surface area contributed by atoms with E-state index in [1.165, 1.54) is 12.0 Å². The van der Waals surface area contributed by atoms with Crippen LogP contribution in [0.4, 0.5) is 11.4 Å². The molecule has 34 heavy (non-hydrogen) atoms. The van der Waals surface area contributed by atoms with Gasteiger partial charge in [0.1, 0.15) is 11.4 Å². The maximum Gasteiger partial charge on any atom is 0.282 e. The van der Waals surface area contributed by atoms with E-state index in [2.05, 4.69) is 0 Å². The normalized spacial score (nSPS) is 13.4. The number of amides is 2. The molecule has 0 aromatic heterocycles. The van der Waals surface area contributed by atoms with Crippen LogP contribution in [0.2, 0.25) is 0 Å². The van der Waals surface area contributed by atoms with Gasteiger partial charge in [-0.25, -0.2) is 4.90 Å². The van der Waals surface area contributed by atoms with E-state index in [9.17, 15) is 9.59 Å². The van der Waals surface area contributed by atoms with Crippen molar-refractivity contribution < 1.29 is 23.8 Å². The van der Waals surface area contributed by atoms with Crippen LogP contribution in [0.15, 0.2) is 78.5 Å². The second kappa shape index (κ2) is 9.70. The number of ether oxygens (including phenoxy) is 3. The van der Waals surface area contributed by atoms with Crippen LogP contribution in [0.25, 0.3) is 5.57 Å². The van der Waals surface area contributed by atoms with Gasteiger partial charge in [-0.1, -0.05) is 30.3 Å². The molecular formula is C27H26N2O5. The van der Waals surface area contributed by atoms with E-state index in [4.69, 9.17) is 14.2 Å². The van der Waals surface area contributed by atoms with Gasteiger partial charge in [-0.15, -0.1) is 0 Å². The molecule has 3 aromatic carbocycles. The summed E-state index contributed by atoms with van der Waals surface area (Å²) in [7, 11) is 4.85. The molecule has 1 aliphatic rings. The van der Waals surface area contributed by atoms with Crippen LogP contribution in [0.1, 0.15) is 12.5 Å². The standard InChI is InChI=1S/C27H26N2O5/c1-5-34-21-13-9-12-20(17-21)29-26(30)24(18-14-15-22(32-3)23(16-18)33-4)25(27(29)31)28(2)19-10-7-6-8-11-19/h6-17H,5H2,1-4H3. The van der Waals surface area contributed by atoms with Crippen molar-refractivity contribution in [2.24, 2.45) is 0 Å². The van der Waals surface area contributed by atoms with E-state index in [1.807, 2.05) is 37.3 Å². The number of nitrogens with zero attached hydrogens (tertiary/aromatic N) is 2. The molecule has 174 valence electrons. The first kappa shape index (κ1) is 22.9. The van der Waals surface area contributed by atoms with Crippen molar-refractivity contribution in [2.45, 2.75) is 6.92 Å². The minimum Gasteiger partial charge on any atom is -0.494 e. The van der Waals surface area contributed by atoms with Crippen molar-refractivity contribution >= 4 is 28.8 Å². The summed E-state index contributed by atoms with van der Waals surface area (Å²) in [6.07, 6.45) is 0. The van der Waals surface area contributed by atoms with Gasteiger partial charge < -0.3 is 19.1 Å². The number of carbonyl (C=O) groups excluding carboxylic acids is 2. The number of hydrogen-bond acceptors (Lipinski definition) is 6. The summed E-state index contributed by atoms with van der Waals surface area (Å²) in [6, 6.07) is 21.6. The zero-order valence-corrected chi connectivity index (χ0v) is 19.6. The Bertz CT molecular complexity index is 1250. The summed E-state index contributed by atoms with van der Waals surface area (Å²) in [4.78, 5) is 30.5. The highest BCUT2D eigenvalue weighted by molar-refractivity contribution is 6.46. The van der Waals surface area contributed by atoms with Crippen LogP contribution in [-0.4, -0.2) is 39.7 Å². The molecule has 0 N–H and O–H groups in total. The van der Waals surface area contributed by atoms with E-state index < -0.39 is 11.8 Å². The third-order valence-electron chi connectivity index (χ3n) is 5.60. The number of para-hydroxylation sites is 1. The Balaban J connectivity index is 1.88. The van der Waals surface area contributed by atoms with Gasteiger partial charge in [0, 0.05) is 18.8 Å². The molecule has 7 heteroatoms. The molecule has 0 radical (unpaired) electrons. The minimum atomic E-state index is -0.427. The van der Waals surface area contributed by atoms with E-state index in [0.29, 0.717) is 35.1 Å². The van der Waals surface area contributed by atoms with Crippen molar-refractivity contribution in [3.05, 3.63) is 84.1 Å². The molecule has 0 fully saturated rings. The Labute approximate surface area is 198 Å². The highest BCUT2D eigenvalue weighted by Crippen LogP contribution is 2.39. The summed E-state index contributed by atoms with van der Waals surface area (Å²) in [5.74, 6) is 0.727. The van der Waals surface area contributed by atoms with Crippen LogP contribution in [-0.2, 0) is 9.59 Å². The van der Waals surface area contributed by atoms with Gasteiger partial charge in [0.05, 0.1) is 32.1 Å². The van der Waals surface area contributed by atoms with Gasteiger partial charge in [0.25, 0.3) is 11.8 Å². The van der Waals surface area contributed by atoms with E-state index in [-0.39, 0.29) is 11.3 Å². The van der Waals surface area contributed by atoms with Crippen molar-refractivity contribution in [3.8, 4) is 17.2 Å². The van der Waals surface area contributed by atoms with Gasteiger partial charge in [-0.3, -0.25) is 9.59 Å². The van der Waals surface area contributed by atoms with Crippen molar-refractivity contribution in [1.82, 2.24) is 0 Å². The summed E-state index contributed by atoms with van der Waals surface area (Å²) < 4.78 is 16.4. The lowest BCUT2D eigenvalue weighted by Crippen LogP contribution is -2.34. The number of likely N-dealkylation sites (N-methyl/N-ethyl adjacent to an activating group) is 1. The number of carbonyl (C=O) groups is 2. The van der Waals surface area contributed by atoms with Gasteiger partial charge in [-0.05, 0) is 48.9 Å². The zero-order chi connectivity index (χ0) is 24.2. The lowest BCUT2D eigenvalue weighted by Gasteiger charge is -2.22. The summed E-state index contributed by atoms with van der Waals surface area (Å²) in [5, 5.41) is 0. The predicted molar refractivity (Wildman–Crippen MR) is 131 cm³/mol. The molecule has 0 bridgehead atoms. The molecule has 1 aliphatic heterocycles. The first-order valence-electron chi connectivity index (χ1n) is 10.9. The Morgan fingerprint density at radius 2 is 1.56 bits per heavy atom. The Morgan fingerprint density at radius 3 is 2.24 bits per heavy atom. The lowest BCUT2D eigenvalue weighted by molar-refractivity contribution is -0.120. The minimum absolute atomic E-state index is 0.269. The fourth-order valence-electron chi connectivity index (χ4n) is 3.98. The Hall–Kier alpha value is -4.26. The predicted octanol–water partition coefficient (Wildman–Crippen LogP) is 4.52. The fraction of sp³-hybridized carbons (Fsp3) is 0.185. The quantitative estimate of drug-likeness (QED) is 0.462. The topological polar surface area (TPSA) is 68.3 Å². The molecule has 4 rings (SSSR count). The second-order valence-electron chi connectivity index (χ2n) is 7.56. The molecule has 0 saturated heterocycles. The van der Waals surface area contributed by atoms with Crippen LogP contribution in [0, 0.1) is 0 Å². The first-order valence-corrected chi connectivity index (χ1v) is 10.9. The third-order valence-corrected chi connectivity index (χ3v) is 5.60. The van der Waals surface area contributed by atoms with Gasteiger partial charge in [0.15, 0.2) is 11.5 Å². The molecular weight excluding hydrogens is 432 g/mol. The van der Waals surface area contributed by atoms with E-state index in [1.54, 1.807) is 61.5 Å². The van der Waals surface area contributed by atoms with Gasteiger partial charge in [-0.2, -0.15) is 0 Å². The Kier molecular flexibility index (Phi) is 6.54. The maximum atomic E-state index is 13.8. The van der Waals surface area contributed by atoms with Crippen LogP contribution < -0.4 is 24.0 Å². The van der Waals surface area contributed by atoms with Crippen molar-refractivity contribution in [2.75, 3.05) is 37.7 Å². The first-order chi connectivity index (χ1) is 16.5. The molecule has 0 saturated carbocycles. The Morgan fingerprint density at radius 1 is 0.824 bits per heavy atom. The summed E-state index contributed by atoms with van der Waals surface area (Å²) >= 11 is 0. The van der Waals surface area contributed by atoms with Crippen LogP contribution in [0.5, 0.6) is 17.2 Å². The van der Waals surface area contributed by atoms with E-state index in [0.717, 1.165) is 5.69 Å². The van der Waals surface area contributed by atoms with Gasteiger partial charge >= 0.3 is 0 Å². The average Bonchev–Trinajstić information content (AvgIpc) is 3.13. The molecule has 2 amide bonds. The third kappa shape index (κ3) is 4.08. The molecule has 1 heterocycles. The smallest absolute Gasteiger partial charge is 0.282 e. The van der Waals surface area contributed by atoms with Crippen LogP contribution in [0.3, 0.4) is 0 Å². The molecule has 0 atom stereocenters. The number of rotatable bonds is 8. The van der Waals surface area contributed by atoms with Crippen molar-refractivity contribution in [3.63, 3.8) is 0 Å². The van der Waals surface area contributed by atoms with Crippen molar-refractivity contribution in [1.29, 1.82) is 0 Å². The number of benzene rings is 3. The zero-order valence-electron chi connectivity index (χ0n) is 19.6. The average molecular weight is 459 g/mol. The lowest BCUT2D eigenvalue weighted by atomic mass is 10.0.